The Morgan fingerprint density at radius 1 is 1.20 bits per heavy atom. The van der Waals surface area contributed by atoms with Crippen LogP contribution in [0.2, 0.25) is 0 Å². The number of aromatic nitrogens is 2. The van der Waals surface area contributed by atoms with E-state index in [1.807, 2.05) is 69.9 Å². The Balaban J connectivity index is 1.92. The zero-order valence-electron chi connectivity index (χ0n) is 25.8. The number of rotatable bonds is 9. The van der Waals surface area contributed by atoms with Gasteiger partial charge in [0.05, 0.1) is 30.6 Å². The number of hydrogen-bond acceptors (Lipinski definition) is 6. The molecule has 1 aliphatic heterocycles. The Morgan fingerprint density at radius 3 is 2.45 bits per heavy atom. The Hall–Kier alpha value is -2.71. The molecular weight excluding hydrogens is 515 g/mol. The zero-order valence-corrected chi connectivity index (χ0v) is 26.6. The minimum absolute atomic E-state index is 0.148. The number of methoxy groups -OCH3 is 1. The molecule has 204 valence electrons. The average Bonchev–Trinajstić information content (AvgIpc) is 3.48. The van der Waals surface area contributed by atoms with E-state index in [2.05, 4.69) is 49.5 Å². The van der Waals surface area contributed by atoms with Gasteiger partial charge in [0.15, 0.2) is 5.69 Å². The van der Waals surface area contributed by atoms with Gasteiger partial charge in [0.2, 0.25) is 0 Å². The first-order valence-electron chi connectivity index (χ1n) is 13.7. The van der Waals surface area contributed by atoms with Gasteiger partial charge in [-0.05, 0) is 55.7 Å². The summed E-state index contributed by atoms with van der Waals surface area (Å²) < 4.78 is 20.0. The van der Waals surface area contributed by atoms with Crippen molar-refractivity contribution in [1.29, 1.82) is 0 Å². The molecule has 3 heterocycles. The summed E-state index contributed by atoms with van der Waals surface area (Å²) in [6.45, 7) is 8.83. The number of hydrogen-bond donors (Lipinski definition) is 0. The lowest BCUT2D eigenvalue weighted by molar-refractivity contribution is 0.00704. The molecule has 1 aliphatic rings. The van der Waals surface area contributed by atoms with Crippen molar-refractivity contribution in [2.45, 2.75) is 50.4 Å². The van der Waals surface area contributed by atoms with Crippen LogP contribution in [0.25, 0.3) is 23.0 Å². The number of thiophene rings is 1. The molecule has 7 nitrogen and oxygen atoms in total. The minimum atomic E-state index is -0.598. The molecule has 1 aromatic carbocycles. The van der Waals surface area contributed by atoms with Crippen molar-refractivity contribution in [3.63, 3.8) is 0 Å². The molecule has 0 bridgehead atoms. The van der Waals surface area contributed by atoms with Crippen molar-refractivity contribution >= 4 is 70.4 Å². The normalized spacial score (nSPS) is 13.1. The van der Waals surface area contributed by atoms with Crippen molar-refractivity contribution in [2.24, 2.45) is 0 Å². The van der Waals surface area contributed by atoms with Crippen molar-refractivity contribution < 1.29 is 19.0 Å². The second-order valence-electron chi connectivity index (χ2n) is 13.2. The lowest BCUT2D eigenvalue weighted by Gasteiger charge is -2.48. The summed E-state index contributed by atoms with van der Waals surface area (Å²) in [5.74, 6) is 1.29. The van der Waals surface area contributed by atoms with Crippen LogP contribution in [0.4, 0.5) is 0 Å². The van der Waals surface area contributed by atoms with E-state index in [1.165, 1.54) is 0 Å². The molecule has 0 fully saturated rings. The van der Waals surface area contributed by atoms with E-state index >= 15 is 0 Å². The number of nitrogens with zero attached hydrogens (tertiary/aromatic N) is 3. The summed E-state index contributed by atoms with van der Waals surface area (Å²) in [4.78, 5) is 16.5. The highest BCUT2D eigenvalue weighted by molar-refractivity contribution is 7.08. The molecule has 0 unspecified atom stereocenters. The molecule has 0 atom stereocenters. The fraction of sp³-hybridized carbons (Fsp3) is 0.385. The van der Waals surface area contributed by atoms with Crippen molar-refractivity contribution in [1.82, 2.24) is 14.7 Å². The second kappa shape index (κ2) is 10.9. The number of amides is 1. The Labute approximate surface area is 247 Å². The van der Waals surface area contributed by atoms with Crippen LogP contribution in [0.1, 0.15) is 49.3 Å². The number of fused-ring (bicyclic) bond motifs is 3. The summed E-state index contributed by atoms with van der Waals surface area (Å²) in [5.41, 5.74) is 5.32. The fourth-order valence-electron chi connectivity index (χ4n) is 5.28. The van der Waals surface area contributed by atoms with E-state index in [-0.39, 0.29) is 17.8 Å². The molecular formula is C26H37B6N3O4S. The van der Waals surface area contributed by atoms with Gasteiger partial charge in [-0.25, -0.2) is 4.68 Å². The number of carbonyl (C=O) groups excluding carboxylic acids is 1. The number of benzene rings is 1. The molecule has 0 radical (unpaired) electrons. The summed E-state index contributed by atoms with van der Waals surface area (Å²) in [5, 5.41) is 8.23. The van der Waals surface area contributed by atoms with Crippen molar-refractivity contribution in [2.75, 3.05) is 13.7 Å². The maximum atomic E-state index is 14.6. The Morgan fingerprint density at radius 2 is 1.90 bits per heavy atom. The lowest BCUT2D eigenvalue weighted by atomic mass is 9.47. The molecule has 1 amide bonds. The van der Waals surface area contributed by atoms with Gasteiger partial charge in [-0.15, -0.1) is 0 Å². The quantitative estimate of drug-likeness (QED) is 0.325. The smallest absolute Gasteiger partial charge is 0.273 e. The summed E-state index contributed by atoms with van der Waals surface area (Å²) in [6.07, 6.45) is 2.09. The molecule has 0 aliphatic carbocycles. The van der Waals surface area contributed by atoms with Crippen LogP contribution in [-0.2, 0) is 11.3 Å². The van der Waals surface area contributed by atoms with E-state index in [4.69, 9.17) is 19.3 Å². The molecule has 0 saturated heterocycles. The number of allylic oxidation sites excluding steroid dienone is 1. The van der Waals surface area contributed by atoms with Crippen LogP contribution in [-0.4, -0.2) is 97.5 Å². The maximum Gasteiger partial charge on any atom is 0.273 e. The molecule has 3 aromatic rings. The Kier molecular flexibility index (Phi) is 8.27. The molecule has 14 heteroatoms. The molecule has 2 aromatic heterocycles. The van der Waals surface area contributed by atoms with Gasteiger partial charge < -0.3 is 19.1 Å². The molecule has 40 heavy (non-hydrogen) atoms. The first kappa shape index (κ1) is 30.3. The zero-order chi connectivity index (χ0) is 29.6. The monoisotopic (exact) mass is 553 g/mol. The third kappa shape index (κ3) is 6.13. The number of ether oxygens (including phenoxy) is 3. The maximum absolute atomic E-state index is 14.6. The minimum Gasteiger partial charge on any atom is -0.496 e. The summed E-state index contributed by atoms with van der Waals surface area (Å²) in [7, 11) is 13.9. The Bertz CT molecular complexity index is 1440. The predicted molar refractivity (Wildman–Crippen MR) is 180 cm³/mol. The highest BCUT2D eigenvalue weighted by Crippen LogP contribution is 2.44. The van der Waals surface area contributed by atoms with Crippen LogP contribution in [0.3, 0.4) is 0 Å². The third-order valence-corrected chi connectivity index (χ3v) is 7.35. The van der Waals surface area contributed by atoms with Crippen molar-refractivity contribution in [3.05, 3.63) is 51.4 Å². The van der Waals surface area contributed by atoms with Crippen LogP contribution >= 0.6 is 11.3 Å². The fourth-order valence-corrected chi connectivity index (χ4v) is 5.90. The van der Waals surface area contributed by atoms with Gasteiger partial charge in [-0.3, -0.25) is 4.79 Å². The molecule has 0 saturated carbocycles. The summed E-state index contributed by atoms with van der Waals surface area (Å²) in [6, 6.07) is 6.01. The first-order valence-corrected chi connectivity index (χ1v) is 14.6. The standard InChI is InChI=1S/C26H37B6N3O4S/c1-14(2)8-15-9-17-20(10-19(15)37-5)38-11-18-21(33-34(22(17)18)16-6-7-40-12-16)23(36)35(25(27,28)29)24(3,4)13-39-26(30,31)32/h6-10,12H,11,13,27-32H2,1-5H3. The third-order valence-electron chi connectivity index (χ3n) is 6.68. The van der Waals surface area contributed by atoms with Crippen LogP contribution < -0.4 is 9.47 Å². The van der Waals surface area contributed by atoms with Gasteiger partial charge in [0.25, 0.3) is 5.91 Å². The number of carbonyl (C=O) groups is 1. The van der Waals surface area contributed by atoms with Crippen LogP contribution in [0.15, 0.2) is 34.5 Å². The highest BCUT2D eigenvalue weighted by Gasteiger charge is 2.42. The second-order valence-corrected chi connectivity index (χ2v) is 14.0. The van der Waals surface area contributed by atoms with Crippen LogP contribution in [0, 0.1) is 0 Å². The topological polar surface area (TPSA) is 65.8 Å². The van der Waals surface area contributed by atoms with Crippen molar-refractivity contribution in [3.8, 4) is 28.4 Å². The van der Waals surface area contributed by atoms with E-state index in [9.17, 15) is 4.79 Å². The van der Waals surface area contributed by atoms with Gasteiger partial charge in [-0.2, -0.15) is 16.4 Å². The predicted octanol–water partition coefficient (Wildman–Crippen LogP) is -0.816. The lowest BCUT2D eigenvalue weighted by Crippen LogP contribution is -2.64. The van der Waals surface area contributed by atoms with Gasteiger partial charge in [0, 0.05) is 28.1 Å². The van der Waals surface area contributed by atoms with Gasteiger partial charge >= 0.3 is 0 Å². The molecule has 4 rings (SSSR count). The van der Waals surface area contributed by atoms with E-state index < -0.39 is 10.8 Å². The summed E-state index contributed by atoms with van der Waals surface area (Å²) >= 11 is 1.59. The van der Waals surface area contributed by atoms with Gasteiger partial charge in [0.1, 0.15) is 65.2 Å². The van der Waals surface area contributed by atoms with E-state index in [0.717, 1.165) is 39.4 Å². The average molecular weight is 553 g/mol. The largest absolute Gasteiger partial charge is 0.496 e. The van der Waals surface area contributed by atoms with Crippen LogP contribution in [0.5, 0.6) is 11.5 Å². The SMILES string of the molecule is BC(B)(B)OCC(C)(C)N(C(=O)c1nn(-c2ccsc2)c2c1COc1cc(OC)c(C=C(C)C)cc1-2)C(B)(B)B. The van der Waals surface area contributed by atoms with Gasteiger partial charge in [-0.1, -0.05) is 11.6 Å². The first-order chi connectivity index (χ1) is 18.5. The molecule has 0 spiro atoms. The van der Waals surface area contributed by atoms with E-state index in [0.29, 0.717) is 18.1 Å². The molecule has 0 N–H and O–H groups in total. The van der Waals surface area contributed by atoms with E-state index in [1.54, 1.807) is 18.4 Å². The highest BCUT2D eigenvalue weighted by atomic mass is 32.1.